The molecule has 0 spiro atoms. The Labute approximate surface area is 165 Å². The lowest BCUT2D eigenvalue weighted by molar-refractivity contribution is -0.274. The van der Waals surface area contributed by atoms with Crippen LogP contribution in [0.15, 0.2) is 42.5 Å². The lowest BCUT2D eigenvalue weighted by Gasteiger charge is -2.22. The lowest BCUT2D eigenvalue weighted by atomic mass is 10.1. The fourth-order valence-corrected chi connectivity index (χ4v) is 3.12. The first kappa shape index (κ1) is 20.5. The van der Waals surface area contributed by atoms with E-state index in [0.29, 0.717) is 5.69 Å². The summed E-state index contributed by atoms with van der Waals surface area (Å²) in [5.41, 5.74) is 1.62. The van der Waals surface area contributed by atoms with Crippen molar-refractivity contribution in [3.05, 3.63) is 53.6 Å². The van der Waals surface area contributed by atoms with E-state index in [1.807, 2.05) is 0 Å². The van der Waals surface area contributed by atoms with Gasteiger partial charge in [-0.05, 0) is 55.3 Å². The van der Waals surface area contributed by atoms with Crippen molar-refractivity contribution in [1.82, 2.24) is 0 Å². The van der Waals surface area contributed by atoms with Crippen LogP contribution in [0.25, 0.3) is 0 Å². The third-order valence-corrected chi connectivity index (χ3v) is 4.46. The molecule has 1 N–H and O–H groups in total. The number of hydrogen-bond donors (Lipinski definition) is 1. The Morgan fingerprint density at radius 1 is 1.00 bits per heavy atom. The number of alkyl halides is 3. The van der Waals surface area contributed by atoms with E-state index < -0.39 is 24.0 Å². The summed E-state index contributed by atoms with van der Waals surface area (Å²) < 4.78 is 45.3. The Hall–Kier alpha value is -3.23. The van der Waals surface area contributed by atoms with Gasteiger partial charge in [0, 0.05) is 18.7 Å². The van der Waals surface area contributed by atoms with Crippen LogP contribution in [0.2, 0.25) is 0 Å². The van der Waals surface area contributed by atoms with Crippen LogP contribution in [0.3, 0.4) is 0 Å². The molecule has 0 bridgehead atoms. The molecule has 1 saturated heterocycles. The molecule has 6 nitrogen and oxygen atoms in total. The van der Waals surface area contributed by atoms with Crippen LogP contribution < -0.4 is 15.0 Å². The monoisotopic (exact) mass is 408 g/mol. The van der Waals surface area contributed by atoms with Crippen molar-refractivity contribution in [2.75, 3.05) is 30.4 Å². The number of halogens is 3. The smallest absolute Gasteiger partial charge is 0.465 e. The van der Waals surface area contributed by atoms with E-state index >= 15 is 0 Å². The number of rotatable bonds is 5. The van der Waals surface area contributed by atoms with Gasteiger partial charge < -0.3 is 19.7 Å². The first-order valence-corrected chi connectivity index (χ1v) is 8.91. The van der Waals surface area contributed by atoms with Crippen molar-refractivity contribution in [3.8, 4) is 5.75 Å². The maximum Gasteiger partial charge on any atom is 0.573 e. The lowest BCUT2D eigenvalue weighted by Crippen LogP contribution is -2.21. The van der Waals surface area contributed by atoms with Crippen molar-refractivity contribution in [3.63, 3.8) is 0 Å². The van der Waals surface area contributed by atoms with Gasteiger partial charge in [0.1, 0.15) is 5.75 Å². The maximum absolute atomic E-state index is 12.6. The molecule has 2 aromatic rings. The van der Waals surface area contributed by atoms with E-state index in [1.54, 1.807) is 12.1 Å². The number of hydrogen-bond acceptors (Lipinski definition) is 5. The number of benzene rings is 2. The first-order valence-electron chi connectivity index (χ1n) is 8.91. The highest BCUT2D eigenvalue weighted by molar-refractivity contribution is 6.07. The second-order valence-electron chi connectivity index (χ2n) is 6.44. The van der Waals surface area contributed by atoms with Gasteiger partial charge in [-0.25, -0.2) is 4.79 Å². The largest absolute Gasteiger partial charge is 0.573 e. The van der Waals surface area contributed by atoms with E-state index in [-0.39, 0.29) is 11.1 Å². The van der Waals surface area contributed by atoms with Gasteiger partial charge in [-0.2, -0.15) is 0 Å². The molecule has 0 radical (unpaired) electrons. The summed E-state index contributed by atoms with van der Waals surface area (Å²) in [6.45, 7) is 1.65. The Balaban J connectivity index is 1.83. The van der Waals surface area contributed by atoms with Crippen molar-refractivity contribution in [2.24, 2.45) is 0 Å². The van der Waals surface area contributed by atoms with Gasteiger partial charge in [-0.15, -0.1) is 13.2 Å². The molecule has 1 aliphatic rings. The minimum atomic E-state index is -4.80. The summed E-state index contributed by atoms with van der Waals surface area (Å²) >= 11 is 0. The van der Waals surface area contributed by atoms with Crippen LogP contribution in [0.1, 0.15) is 33.6 Å². The average molecular weight is 408 g/mol. The van der Waals surface area contributed by atoms with Crippen molar-refractivity contribution >= 4 is 23.3 Å². The number of carbonyl (C=O) groups is 2. The first-order chi connectivity index (χ1) is 13.8. The third kappa shape index (κ3) is 5.18. The minimum absolute atomic E-state index is 0.148. The van der Waals surface area contributed by atoms with E-state index in [0.717, 1.165) is 43.8 Å². The zero-order chi connectivity index (χ0) is 21.0. The molecule has 154 valence electrons. The molecule has 0 aromatic heterocycles. The van der Waals surface area contributed by atoms with Gasteiger partial charge in [0.05, 0.1) is 24.0 Å². The average Bonchev–Trinajstić information content (AvgIpc) is 3.21. The molecule has 0 atom stereocenters. The summed E-state index contributed by atoms with van der Waals surface area (Å²) in [5, 5.41) is 2.74. The molecule has 2 aromatic carbocycles. The summed E-state index contributed by atoms with van der Waals surface area (Å²) in [7, 11) is 1.26. The maximum atomic E-state index is 12.6. The number of methoxy groups -OCH3 is 1. The molecule has 9 heteroatoms. The van der Waals surface area contributed by atoms with Crippen molar-refractivity contribution in [2.45, 2.75) is 19.2 Å². The predicted octanol–water partition coefficient (Wildman–Crippen LogP) is 4.22. The molecule has 0 aliphatic carbocycles. The van der Waals surface area contributed by atoms with Crippen LogP contribution in [0.4, 0.5) is 24.5 Å². The standard InChI is InChI=1S/C20H19F3N2O4/c1-28-19(27)14-6-9-17(25-10-2-3-11-25)16(12-14)24-18(26)13-4-7-15(8-5-13)29-20(21,22)23/h4-9,12H,2-3,10-11H2,1H3,(H,24,26). The summed E-state index contributed by atoms with van der Waals surface area (Å²) in [5.74, 6) is -1.48. The van der Waals surface area contributed by atoms with Gasteiger partial charge in [0.25, 0.3) is 5.91 Å². The van der Waals surface area contributed by atoms with E-state index in [1.165, 1.54) is 25.3 Å². The molecular weight excluding hydrogens is 389 g/mol. The number of nitrogens with zero attached hydrogens (tertiary/aromatic N) is 1. The van der Waals surface area contributed by atoms with Crippen molar-refractivity contribution < 1.29 is 32.2 Å². The van der Waals surface area contributed by atoms with E-state index in [9.17, 15) is 22.8 Å². The van der Waals surface area contributed by atoms with E-state index in [2.05, 4.69) is 15.0 Å². The highest BCUT2D eigenvalue weighted by Crippen LogP contribution is 2.31. The summed E-state index contributed by atoms with van der Waals surface area (Å²) in [4.78, 5) is 26.6. The molecule has 3 rings (SSSR count). The molecular formula is C20H19F3N2O4. The van der Waals surface area contributed by atoms with Gasteiger partial charge in [-0.3, -0.25) is 4.79 Å². The topological polar surface area (TPSA) is 67.9 Å². The summed E-state index contributed by atoms with van der Waals surface area (Å²) in [6.07, 6.45) is -2.76. The quantitative estimate of drug-likeness (QED) is 0.751. The van der Waals surface area contributed by atoms with Crippen LogP contribution >= 0.6 is 0 Å². The molecule has 0 unspecified atom stereocenters. The normalized spacial score (nSPS) is 13.9. The molecule has 1 aliphatic heterocycles. The Morgan fingerprint density at radius 2 is 1.62 bits per heavy atom. The fraction of sp³-hybridized carbons (Fsp3) is 0.300. The number of anilines is 2. The van der Waals surface area contributed by atoms with Gasteiger partial charge in [-0.1, -0.05) is 0 Å². The highest BCUT2D eigenvalue weighted by atomic mass is 19.4. The van der Waals surface area contributed by atoms with Crippen LogP contribution in [-0.2, 0) is 4.74 Å². The number of esters is 1. The van der Waals surface area contributed by atoms with Gasteiger partial charge in [0.15, 0.2) is 0 Å². The Bertz CT molecular complexity index is 892. The van der Waals surface area contributed by atoms with Gasteiger partial charge in [0.2, 0.25) is 0 Å². The zero-order valence-corrected chi connectivity index (χ0v) is 15.6. The predicted molar refractivity (Wildman–Crippen MR) is 100 cm³/mol. The second-order valence-corrected chi connectivity index (χ2v) is 6.44. The molecule has 0 saturated carbocycles. The molecule has 1 amide bonds. The van der Waals surface area contributed by atoms with Crippen LogP contribution in [0, 0.1) is 0 Å². The van der Waals surface area contributed by atoms with Crippen LogP contribution in [0.5, 0.6) is 5.75 Å². The molecule has 1 heterocycles. The number of nitrogens with one attached hydrogen (secondary N) is 1. The fourth-order valence-electron chi connectivity index (χ4n) is 3.12. The second kappa shape index (κ2) is 8.42. The highest BCUT2D eigenvalue weighted by Gasteiger charge is 2.31. The Morgan fingerprint density at radius 3 is 2.21 bits per heavy atom. The van der Waals surface area contributed by atoms with Crippen molar-refractivity contribution in [1.29, 1.82) is 0 Å². The number of carbonyl (C=O) groups excluding carboxylic acids is 2. The zero-order valence-electron chi connectivity index (χ0n) is 15.6. The molecule has 1 fully saturated rings. The Kier molecular flexibility index (Phi) is 5.95. The molecule has 29 heavy (non-hydrogen) atoms. The van der Waals surface area contributed by atoms with Gasteiger partial charge >= 0.3 is 12.3 Å². The SMILES string of the molecule is COC(=O)c1ccc(N2CCCC2)c(NC(=O)c2ccc(OC(F)(F)F)cc2)c1. The minimum Gasteiger partial charge on any atom is -0.465 e. The van der Waals surface area contributed by atoms with E-state index in [4.69, 9.17) is 4.74 Å². The van der Waals surface area contributed by atoms with Crippen LogP contribution in [-0.4, -0.2) is 38.4 Å². The number of ether oxygens (including phenoxy) is 2. The third-order valence-electron chi connectivity index (χ3n) is 4.46. The number of amides is 1. The summed E-state index contributed by atoms with van der Waals surface area (Å²) in [6, 6.07) is 9.49.